The highest BCUT2D eigenvalue weighted by atomic mass is 19.1. The molecular formula is C30H33FN6O3. The number of benzene rings is 2. The van der Waals surface area contributed by atoms with Gasteiger partial charge in [0.05, 0.1) is 35.2 Å². The lowest BCUT2D eigenvalue weighted by molar-refractivity contribution is 0.0507. The summed E-state index contributed by atoms with van der Waals surface area (Å²) in [5, 5.41) is 20.5. The van der Waals surface area contributed by atoms with Gasteiger partial charge in [-0.3, -0.25) is 9.59 Å². The molecule has 1 aliphatic carbocycles. The SMILES string of the molecule is CC1CCC(NC(=O)N2CCN(C(=O)c3cc(Cc4n[nH]c(=O)c5ccccc45)ccc3F)[C@H](CC#N)C2)CC1. The maximum absolute atomic E-state index is 15.0. The predicted molar refractivity (Wildman–Crippen MR) is 148 cm³/mol. The minimum atomic E-state index is -0.657. The second-order valence-corrected chi connectivity index (χ2v) is 10.9. The van der Waals surface area contributed by atoms with E-state index in [1.807, 2.05) is 6.07 Å². The minimum Gasteiger partial charge on any atom is -0.335 e. The third-order valence-corrected chi connectivity index (χ3v) is 8.11. The van der Waals surface area contributed by atoms with Gasteiger partial charge in [0, 0.05) is 37.5 Å². The van der Waals surface area contributed by atoms with Crippen molar-refractivity contribution >= 4 is 22.7 Å². The van der Waals surface area contributed by atoms with E-state index >= 15 is 0 Å². The molecule has 3 amide bonds. The van der Waals surface area contributed by atoms with Gasteiger partial charge in [0.25, 0.3) is 11.5 Å². The molecule has 2 fully saturated rings. The topological polar surface area (TPSA) is 122 Å². The molecule has 2 aromatic carbocycles. The molecule has 2 aliphatic rings. The molecule has 1 saturated carbocycles. The molecule has 3 aromatic rings. The van der Waals surface area contributed by atoms with Crippen molar-refractivity contribution in [2.75, 3.05) is 19.6 Å². The first-order valence-corrected chi connectivity index (χ1v) is 13.8. The highest BCUT2D eigenvalue weighted by molar-refractivity contribution is 5.95. The van der Waals surface area contributed by atoms with Crippen LogP contribution < -0.4 is 10.9 Å². The summed E-state index contributed by atoms with van der Waals surface area (Å²) in [7, 11) is 0. The van der Waals surface area contributed by atoms with Gasteiger partial charge >= 0.3 is 6.03 Å². The number of H-pyrrole nitrogens is 1. The quantitative estimate of drug-likeness (QED) is 0.503. The van der Waals surface area contributed by atoms with Gasteiger partial charge in [-0.2, -0.15) is 10.4 Å². The Balaban J connectivity index is 1.31. The Morgan fingerprint density at radius 3 is 2.62 bits per heavy atom. The number of aromatic amines is 1. The highest BCUT2D eigenvalue weighted by Crippen LogP contribution is 2.25. The molecule has 1 atom stereocenters. The summed E-state index contributed by atoms with van der Waals surface area (Å²) < 4.78 is 15.0. The van der Waals surface area contributed by atoms with Gasteiger partial charge < -0.3 is 15.1 Å². The average Bonchev–Trinajstić information content (AvgIpc) is 2.96. The van der Waals surface area contributed by atoms with E-state index in [1.165, 1.54) is 17.0 Å². The fourth-order valence-electron chi connectivity index (χ4n) is 5.76. The normalized spacial score (nSPS) is 21.2. The smallest absolute Gasteiger partial charge is 0.317 e. The van der Waals surface area contributed by atoms with Crippen molar-refractivity contribution in [3.63, 3.8) is 0 Å². The summed E-state index contributed by atoms with van der Waals surface area (Å²) in [6, 6.07) is 13.0. The van der Waals surface area contributed by atoms with Crippen LogP contribution in [0.1, 0.15) is 60.6 Å². The minimum absolute atomic E-state index is 0.0328. The maximum Gasteiger partial charge on any atom is 0.317 e. The van der Waals surface area contributed by atoms with Crippen LogP contribution in [0, 0.1) is 23.1 Å². The number of hydrogen-bond donors (Lipinski definition) is 2. The van der Waals surface area contributed by atoms with Crippen LogP contribution in [-0.2, 0) is 6.42 Å². The Morgan fingerprint density at radius 2 is 1.88 bits per heavy atom. The number of piperazine rings is 1. The first-order valence-electron chi connectivity index (χ1n) is 13.8. The molecule has 1 saturated heterocycles. The van der Waals surface area contributed by atoms with E-state index in [0.717, 1.165) is 25.7 Å². The lowest BCUT2D eigenvalue weighted by atomic mass is 9.87. The molecule has 2 N–H and O–H groups in total. The zero-order valence-electron chi connectivity index (χ0n) is 22.5. The third-order valence-electron chi connectivity index (χ3n) is 8.11. The monoisotopic (exact) mass is 544 g/mol. The van der Waals surface area contributed by atoms with E-state index in [9.17, 15) is 24.0 Å². The number of carbonyl (C=O) groups excluding carboxylic acids is 2. The molecule has 0 spiro atoms. The average molecular weight is 545 g/mol. The second kappa shape index (κ2) is 11.9. The number of nitriles is 1. The maximum atomic E-state index is 15.0. The Hall–Kier alpha value is -4.26. The van der Waals surface area contributed by atoms with Gasteiger partial charge in [-0.15, -0.1) is 0 Å². The van der Waals surface area contributed by atoms with Crippen molar-refractivity contribution < 1.29 is 14.0 Å². The van der Waals surface area contributed by atoms with Crippen LogP contribution in [0.2, 0.25) is 0 Å². The second-order valence-electron chi connectivity index (χ2n) is 10.9. The van der Waals surface area contributed by atoms with E-state index in [2.05, 4.69) is 28.5 Å². The van der Waals surface area contributed by atoms with Crippen molar-refractivity contribution in [1.29, 1.82) is 5.26 Å². The molecule has 9 nitrogen and oxygen atoms in total. The van der Waals surface area contributed by atoms with Gasteiger partial charge in [-0.1, -0.05) is 31.2 Å². The van der Waals surface area contributed by atoms with Crippen LogP contribution in [0.25, 0.3) is 10.8 Å². The highest BCUT2D eigenvalue weighted by Gasteiger charge is 2.34. The van der Waals surface area contributed by atoms with Gasteiger partial charge in [0.1, 0.15) is 5.82 Å². The first-order chi connectivity index (χ1) is 19.3. The number of carbonyl (C=O) groups is 2. The van der Waals surface area contributed by atoms with Crippen LogP contribution in [0.5, 0.6) is 0 Å². The molecule has 0 radical (unpaired) electrons. The van der Waals surface area contributed by atoms with Gasteiger partial charge in [-0.05, 0) is 55.4 Å². The molecule has 40 heavy (non-hydrogen) atoms. The van der Waals surface area contributed by atoms with Crippen molar-refractivity contribution in [3.8, 4) is 6.07 Å². The molecule has 208 valence electrons. The van der Waals surface area contributed by atoms with Gasteiger partial charge in [-0.25, -0.2) is 14.3 Å². The van der Waals surface area contributed by atoms with E-state index in [1.54, 1.807) is 29.2 Å². The molecule has 0 bridgehead atoms. The summed E-state index contributed by atoms with van der Waals surface area (Å²) in [5.41, 5.74) is 0.878. The standard InChI is InChI=1S/C30H33FN6O3/c1-19-6-9-21(10-7-19)33-30(40)36-14-15-37(22(18-36)12-13-32)29(39)25-16-20(8-11-26(25)31)17-27-23-4-2-3-5-24(23)28(38)35-34-27/h2-5,8,11,16,19,21-22H,6-7,9-10,12,14-15,17-18H2,1H3,(H,33,40)(H,35,38)/t19?,21?,22-/m1/s1. The number of rotatable bonds is 5. The van der Waals surface area contributed by atoms with Crippen LogP contribution >= 0.6 is 0 Å². The lowest BCUT2D eigenvalue weighted by Gasteiger charge is -2.41. The Morgan fingerprint density at radius 1 is 1.12 bits per heavy atom. The van der Waals surface area contributed by atoms with Crippen molar-refractivity contribution in [1.82, 2.24) is 25.3 Å². The summed E-state index contributed by atoms with van der Waals surface area (Å²) >= 11 is 0. The number of halogens is 1. The molecule has 2 heterocycles. The molecule has 1 aromatic heterocycles. The summed E-state index contributed by atoms with van der Waals surface area (Å²) in [4.78, 5) is 41.9. The van der Waals surface area contributed by atoms with Crippen LogP contribution in [0.15, 0.2) is 47.3 Å². The van der Waals surface area contributed by atoms with Gasteiger partial charge in [0.15, 0.2) is 0 Å². The Bertz CT molecular complexity index is 1510. The van der Waals surface area contributed by atoms with Gasteiger partial charge in [0.2, 0.25) is 0 Å². The number of nitrogens with zero attached hydrogens (tertiary/aromatic N) is 4. The Kier molecular flexibility index (Phi) is 8.10. The zero-order valence-corrected chi connectivity index (χ0v) is 22.5. The molecule has 0 unspecified atom stereocenters. The number of nitrogens with one attached hydrogen (secondary N) is 2. The summed E-state index contributed by atoms with van der Waals surface area (Å²) in [5.74, 6) is -0.496. The van der Waals surface area contributed by atoms with E-state index < -0.39 is 17.8 Å². The number of hydrogen-bond acceptors (Lipinski definition) is 5. The van der Waals surface area contributed by atoms with Crippen molar-refractivity contribution in [3.05, 3.63) is 75.5 Å². The fourth-order valence-corrected chi connectivity index (χ4v) is 5.76. The van der Waals surface area contributed by atoms with E-state index in [0.29, 0.717) is 34.5 Å². The first kappa shape index (κ1) is 27.3. The predicted octanol–water partition coefficient (Wildman–Crippen LogP) is 3.98. The van der Waals surface area contributed by atoms with Crippen LogP contribution in [0.3, 0.4) is 0 Å². The molecule has 10 heteroatoms. The van der Waals surface area contributed by atoms with E-state index in [-0.39, 0.29) is 49.1 Å². The number of amides is 3. The largest absolute Gasteiger partial charge is 0.335 e. The van der Waals surface area contributed by atoms with Crippen molar-refractivity contribution in [2.24, 2.45) is 5.92 Å². The van der Waals surface area contributed by atoms with Crippen molar-refractivity contribution in [2.45, 2.75) is 57.5 Å². The number of urea groups is 1. The Labute approximate surface area is 232 Å². The van der Waals surface area contributed by atoms with Crippen LogP contribution in [0.4, 0.5) is 9.18 Å². The molecule has 1 aliphatic heterocycles. The van der Waals surface area contributed by atoms with Crippen LogP contribution in [-0.4, -0.2) is 63.7 Å². The summed E-state index contributed by atoms with van der Waals surface area (Å²) in [6.45, 7) is 2.94. The third kappa shape index (κ3) is 5.83. The molecule has 5 rings (SSSR count). The number of fused-ring (bicyclic) bond motifs is 1. The molecular weight excluding hydrogens is 511 g/mol. The van der Waals surface area contributed by atoms with E-state index in [4.69, 9.17) is 0 Å². The number of aromatic nitrogens is 2. The fraction of sp³-hybridized carbons (Fsp3) is 0.433. The summed E-state index contributed by atoms with van der Waals surface area (Å²) in [6.07, 6.45) is 4.39. The zero-order chi connectivity index (χ0) is 28.2. The lowest BCUT2D eigenvalue weighted by Crippen LogP contribution is -2.59.